The highest BCUT2D eigenvalue weighted by atomic mass is 35.5. The molecule has 1 atom stereocenters. The van der Waals surface area contributed by atoms with Gasteiger partial charge in [-0.05, 0) is 18.6 Å². The third-order valence-corrected chi connectivity index (χ3v) is 5.39. The van der Waals surface area contributed by atoms with E-state index in [2.05, 4.69) is 10.1 Å². The van der Waals surface area contributed by atoms with Gasteiger partial charge >= 0.3 is 0 Å². The summed E-state index contributed by atoms with van der Waals surface area (Å²) in [6, 6.07) is 7.68. The number of para-hydroxylation sites is 1. The number of aromatic nitrogens is 3. The van der Waals surface area contributed by atoms with Gasteiger partial charge in [-0.3, -0.25) is 4.79 Å². The van der Waals surface area contributed by atoms with Gasteiger partial charge in [0, 0.05) is 5.92 Å². The van der Waals surface area contributed by atoms with Gasteiger partial charge in [-0.1, -0.05) is 60.5 Å². The van der Waals surface area contributed by atoms with Gasteiger partial charge in [-0.15, -0.1) is 0 Å². The lowest BCUT2D eigenvalue weighted by Crippen LogP contribution is -2.24. The summed E-state index contributed by atoms with van der Waals surface area (Å²) in [6.45, 7) is 4.03. The zero-order valence-corrected chi connectivity index (χ0v) is 14.3. The van der Waals surface area contributed by atoms with E-state index in [9.17, 15) is 4.79 Å². The molecule has 0 saturated heterocycles. The predicted octanol–water partition coefficient (Wildman–Crippen LogP) is 4.66. The van der Waals surface area contributed by atoms with Crippen LogP contribution in [0.2, 0.25) is 10.0 Å². The Morgan fingerprint density at radius 3 is 2.68 bits per heavy atom. The molecule has 7 heteroatoms. The summed E-state index contributed by atoms with van der Waals surface area (Å²) in [6.07, 6.45) is 0.848. The molecule has 2 aromatic heterocycles. The van der Waals surface area contributed by atoms with Crippen LogP contribution in [0.25, 0.3) is 15.3 Å². The SMILES string of the molecule is CC[C@@H](C)c1nn(-c2nc3ccccc3s2)c(=O)c(Cl)c1Cl. The maximum Gasteiger partial charge on any atom is 0.293 e. The molecule has 2 heterocycles. The summed E-state index contributed by atoms with van der Waals surface area (Å²) in [5.41, 5.74) is 0.998. The quantitative estimate of drug-likeness (QED) is 0.687. The lowest BCUT2D eigenvalue weighted by Gasteiger charge is -2.12. The van der Waals surface area contributed by atoms with Gasteiger partial charge < -0.3 is 0 Å². The van der Waals surface area contributed by atoms with Crippen LogP contribution in [-0.2, 0) is 0 Å². The molecule has 114 valence electrons. The highest BCUT2D eigenvalue weighted by molar-refractivity contribution is 7.20. The topological polar surface area (TPSA) is 47.8 Å². The molecule has 0 unspecified atom stereocenters. The first kappa shape index (κ1) is 15.5. The Morgan fingerprint density at radius 2 is 2.00 bits per heavy atom. The Balaban J connectivity index is 2.25. The molecule has 0 radical (unpaired) electrons. The average Bonchev–Trinajstić information content (AvgIpc) is 2.96. The lowest BCUT2D eigenvalue weighted by atomic mass is 10.1. The third-order valence-electron chi connectivity index (χ3n) is 3.55. The van der Waals surface area contributed by atoms with E-state index >= 15 is 0 Å². The molecule has 0 fully saturated rings. The van der Waals surface area contributed by atoms with Crippen molar-refractivity contribution in [3.63, 3.8) is 0 Å². The summed E-state index contributed by atoms with van der Waals surface area (Å²) in [4.78, 5) is 16.8. The number of benzene rings is 1. The summed E-state index contributed by atoms with van der Waals surface area (Å²) in [5.74, 6) is 0.103. The first-order valence-electron chi connectivity index (χ1n) is 6.87. The molecule has 0 saturated carbocycles. The van der Waals surface area contributed by atoms with E-state index in [-0.39, 0.29) is 16.0 Å². The van der Waals surface area contributed by atoms with Crippen molar-refractivity contribution in [1.82, 2.24) is 14.8 Å². The van der Waals surface area contributed by atoms with Crippen molar-refractivity contribution in [3.8, 4) is 5.13 Å². The number of hydrogen-bond donors (Lipinski definition) is 0. The van der Waals surface area contributed by atoms with Crippen molar-refractivity contribution >= 4 is 44.8 Å². The molecule has 0 spiro atoms. The zero-order chi connectivity index (χ0) is 15.9. The minimum Gasteiger partial charge on any atom is -0.266 e. The van der Waals surface area contributed by atoms with Crippen LogP contribution in [0.15, 0.2) is 29.1 Å². The Bertz CT molecular complexity index is 870. The lowest BCUT2D eigenvalue weighted by molar-refractivity contribution is 0.657. The summed E-state index contributed by atoms with van der Waals surface area (Å²) < 4.78 is 2.24. The first-order valence-corrected chi connectivity index (χ1v) is 8.44. The largest absolute Gasteiger partial charge is 0.293 e. The monoisotopic (exact) mass is 353 g/mol. The highest BCUT2D eigenvalue weighted by Crippen LogP contribution is 2.30. The standard InChI is InChI=1S/C15H13Cl2N3OS/c1-3-8(2)13-11(16)12(17)14(21)20(19-13)15-18-9-6-4-5-7-10(9)22-15/h4-8H,3H2,1-2H3/t8-/m1/s1. The fraction of sp³-hybridized carbons (Fsp3) is 0.267. The van der Waals surface area contributed by atoms with Crippen LogP contribution in [0.1, 0.15) is 31.9 Å². The van der Waals surface area contributed by atoms with Gasteiger partial charge in [-0.2, -0.15) is 9.78 Å². The molecule has 0 bridgehead atoms. The van der Waals surface area contributed by atoms with Crippen molar-refractivity contribution in [2.24, 2.45) is 0 Å². The smallest absolute Gasteiger partial charge is 0.266 e. The number of halogens is 2. The van der Waals surface area contributed by atoms with E-state index in [0.29, 0.717) is 10.8 Å². The minimum absolute atomic E-state index is 0.00813. The second-order valence-electron chi connectivity index (χ2n) is 5.00. The van der Waals surface area contributed by atoms with Gasteiger partial charge in [-0.25, -0.2) is 4.98 Å². The van der Waals surface area contributed by atoms with Crippen LogP contribution in [0.4, 0.5) is 0 Å². The Hall–Kier alpha value is -1.43. The molecule has 22 heavy (non-hydrogen) atoms. The number of rotatable bonds is 3. The molecule has 3 rings (SSSR count). The Kier molecular flexibility index (Phi) is 4.21. The molecule has 0 aliphatic heterocycles. The van der Waals surface area contributed by atoms with Crippen LogP contribution >= 0.6 is 34.5 Å². The molecule has 0 aliphatic carbocycles. The molecular weight excluding hydrogens is 341 g/mol. The zero-order valence-electron chi connectivity index (χ0n) is 12.0. The van der Waals surface area contributed by atoms with E-state index < -0.39 is 5.56 Å². The van der Waals surface area contributed by atoms with Gasteiger partial charge in [0.15, 0.2) is 0 Å². The number of fused-ring (bicyclic) bond motifs is 1. The molecule has 0 amide bonds. The molecule has 3 aromatic rings. The van der Waals surface area contributed by atoms with Crippen molar-refractivity contribution in [2.45, 2.75) is 26.2 Å². The van der Waals surface area contributed by atoms with Crippen molar-refractivity contribution in [3.05, 3.63) is 50.4 Å². The summed E-state index contributed by atoms with van der Waals surface area (Å²) in [5, 5.41) is 5.13. The maximum absolute atomic E-state index is 12.4. The first-order chi connectivity index (χ1) is 10.5. The second-order valence-corrected chi connectivity index (χ2v) is 6.77. The molecule has 4 nitrogen and oxygen atoms in total. The summed E-state index contributed by atoms with van der Waals surface area (Å²) in [7, 11) is 0. The predicted molar refractivity (Wildman–Crippen MR) is 91.7 cm³/mol. The maximum atomic E-state index is 12.4. The molecule has 1 aromatic carbocycles. The second kappa shape index (κ2) is 5.99. The van der Waals surface area contributed by atoms with Crippen LogP contribution in [0.3, 0.4) is 0 Å². The van der Waals surface area contributed by atoms with E-state index in [4.69, 9.17) is 23.2 Å². The fourth-order valence-corrected chi connectivity index (χ4v) is 3.48. The Labute approximate surface area is 141 Å². The average molecular weight is 354 g/mol. The van der Waals surface area contributed by atoms with Gasteiger partial charge in [0.05, 0.1) is 20.9 Å². The van der Waals surface area contributed by atoms with Gasteiger partial charge in [0.1, 0.15) is 5.02 Å². The Morgan fingerprint density at radius 1 is 1.27 bits per heavy atom. The molecule has 0 aliphatic rings. The normalized spacial score (nSPS) is 12.7. The van der Waals surface area contributed by atoms with Crippen molar-refractivity contribution in [1.29, 1.82) is 0 Å². The van der Waals surface area contributed by atoms with E-state index in [1.807, 2.05) is 38.1 Å². The fourth-order valence-electron chi connectivity index (χ4n) is 2.08. The van der Waals surface area contributed by atoms with Crippen molar-refractivity contribution in [2.75, 3.05) is 0 Å². The van der Waals surface area contributed by atoms with E-state index in [1.165, 1.54) is 16.0 Å². The van der Waals surface area contributed by atoms with Crippen molar-refractivity contribution < 1.29 is 0 Å². The van der Waals surface area contributed by atoms with Crippen LogP contribution in [0, 0.1) is 0 Å². The van der Waals surface area contributed by atoms with E-state index in [0.717, 1.165) is 16.6 Å². The molecular formula is C15H13Cl2N3OS. The van der Waals surface area contributed by atoms with Crippen LogP contribution in [0.5, 0.6) is 0 Å². The number of nitrogens with zero attached hydrogens (tertiary/aromatic N) is 3. The number of thiazole rings is 1. The summed E-state index contributed by atoms with van der Waals surface area (Å²) >= 11 is 13.7. The third kappa shape index (κ3) is 2.53. The highest BCUT2D eigenvalue weighted by Gasteiger charge is 2.20. The number of hydrogen-bond acceptors (Lipinski definition) is 4. The van der Waals surface area contributed by atoms with E-state index in [1.54, 1.807) is 0 Å². The minimum atomic E-state index is -0.447. The van der Waals surface area contributed by atoms with Crippen LogP contribution in [-0.4, -0.2) is 14.8 Å². The van der Waals surface area contributed by atoms with Gasteiger partial charge in [0.2, 0.25) is 5.13 Å². The van der Waals surface area contributed by atoms with Gasteiger partial charge in [0.25, 0.3) is 5.56 Å². The van der Waals surface area contributed by atoms with Crippen LogP contribution < -0.4 is 5.56 Å². The molecule has 0 N–H and O–H groups in total.